The molecule has 124 valence electrons. The van der Waals surface area contributed by atoms with E-state index in [0.717, 1.165) is 31.7 Å². The SMILES string of the molecule is O=C(Nc1nccs1)C1CCCN(C(=O)C2CC3CCC2C3)C1. The van der Waals surface area contributed by atoms with E-state index in [0.29, 0.717) is 23.5 Å². The van der Waals surface area contributed by atoms with Crippen molar-refractivity contribution in [3.63, 3.8) is 0 Å². The maximum Gasteiger partial charge on any atom is 0.231 e. The van der Waals surface area contributed by atoms with Gasteiger partial charge >= 0.3 is 0 Å². The number of nitrogens with zero attached hydrogens (tertiary/aromatic N) is 2. The van der Waals surface area contributed by atoms with Gasteiger partial charge in [0.2, 0.25) is 11.8 Å². The Labute approximate surface area is 140 Å². The van der Waals surface area contributed by atoms with Gasteiger partial charge in [-0.2, -0.15) is 0 Å². The normalized spacial score (nSPS) is 33.0. The minimum Gasteiger partial charge on any atom is -0.342 e. The molecule has 1 aliphatic heterocycles. The summed E-state index contributed by atoms with van der Waals surface area (Å²) in [5.74, 6) is 1.83. The van der Waals surface area contributed by atoms with Crippen molar-refractivity contribution < 1.29 is 9.59 Å². The largest absolute Gasteiger partial charge is 0.342 e. The van der Waals surface area contributed by atoms with E-state index in [1.54, 1.807) is 6.20 Å². The molecule has 4 rings (SSSR count). The lowest BCUT2D eigenvalue weighted by molar-refractivity contribution is -0.140. The van der Waals surface area contributed by atoms with E-state index in [1.165, 1.54) is 30.6 Å². The zero-order valence-corrected chi connectivity index (χ0v) is 14.1. The first-order valence-electron chi connectivity index (χ1n) is 8.70. The van der Waals surface area contributed by atoms with Crippen LogP contribution in [0.2, 0.25) is 0 Å². The number of likely N-dealkylation sites (tertiary alicyclic amines) is 1. The first-order chi connectivity index (χ1) is 11.2. The number of hydrogen-bond acceptors (Lipinski definition) is 4. The van der Waals surface area contributed by atoms with E-state index >= 15 is 0 Å². The quantitative estimate of drug-likeness (QED) is 0.925. The Balaban J connectivity index is 1.37. The molecule has 2 bridgehead atoms. The fourth-order valence-electron chi connectivity index (χ4n) is 4.67. The number of aromatic nitrogens is 1. The van der Waals surface area contributed by atoms with Gasteiger partial charge in [0.1, 0.15) is 0 Å². The minimum absolute atomic E-state index is 0.00499. The molecule has 1 N–H and O–H groups in total. The lowest BCUT2D eigenvalue weighted by Crippen LogP contribution is -2.46. The predicted molar refractivity (Wildman–Crippen MR) is 89.0 cm³/mol. The molecule has 4 atom stereocenters. The molecule has 3 fully saturated rings. The van der Waals surface area contributed by atoms with Crippen LogP contribution in [0.1, 0.15) is 38.5 Å². The summed E-state index contributed by atoms with van der Waals surface area (Å²) in [6.45, 7) is 1.39. The van der Waals surface area contributed by atoms with Gasteiger partial charge in [-0.3, -0.25) is 9.59 Å². The standard InChI is InChI=1S/C17H23N3O2S/c21-15(19-17-18-5-7-23-17)13-2-1-6-20(10-13)16(22)14-9-11-3-4-12(14)8-11/h5,7,11-14H,1-4,6,8-10H2,(H,18,19,21). The number of piperidine rings is 1. The molecule has 2 amide bonds. The highest BCUT2D eigenvalue weighted by molar-refractivity contribution is 7.13. The molecule has 1 aromatic rings. The number of nitrogens with one attached hydrogen (secondary N) is 1. The second-order valence-corrected chi connectivity index (χ2v) is 8.13. The van der Waals surface area contributed by atoms with Crippen LogP contribution in [0, 0.1) is 23.7 Å². The van der Waals surface area contributed by atoms with Gasteiger partial charge in [-0.05, 0) is 43.9 Å². The van der Waals surface area contributed by atoms with Crippen LogP contribution in [-0.2, 0) is 9.59 Å². The van der Waals surface area contributed by atoms with Crippen molar-refractivity contribution in [2.24, 2.45) is 23.7 Å². The number of rotatable bonds is 3. The van der Waals surface area contributed by atoms with Gasteiger partial charge in [0.25, 0.3) is 0 Å². The summed E-state index contributed by atoms with van der Waals surface area (Å²) >= 11 is 1.43. The summed E-state index contributed by atoms with van der Waals surface area (Å²) in [4.78, 5) is 31.3. The number of anilines is 1. The number of hydrogen-bond donors (Lipinski definition) is 1. The maximum atomic E-state index is 12.9. The fraction of sp³-hybridized carbons (Fsp3) is 0.706. The Morgan fingerprint density at radius 2 is 2.17 bits per heavy atom. The van der Waals surface area contributed by atoms with Crippen molar-refractivity contribution in [1.82, 2.24) is 9.88 Å². The second-order valence-electron chi connectivity index (χ2n) is 7.23. The molecule has 5 nitrogen and oxygen atoms in total. The number of carbonyl (C=O) groups excluding carboxylic acids is 2. The molecule has 23 heavy (non-hydrogen) atoms. The first-order valence-corrected chi connectivity index (χ1v) is 9.58. The van der Waals surface area contributed by atoms with E-state index in [1.807, 2.05) is 10.3 Å². The van der Waals surface area contributed by atoms with Crippen LogP contribution in [0.25, 0.3) is 0 Å². The molecule has 0 radical (unpaired) electrons. The van der Waals surface area contributed by atoms with Gasteiger partial charge in [-0.1, -0.05) is 6.42 Å². The average molecular weight is 333 g/mol. The summed E-state index contributed by atoms with van der Waals surface area (Å²) in [5.41, 5.74) is 0. The molecule has 6 heteroatoms. The Hall–Kier alpha value is -1.43. The van der Waals surface area contributed by atoms with Crippen LogP contribution in [0.3, 0.4) is 0 Å². The van der Waals surface area contributed by atoms with Crippen LogP contribution < -0.4 is 5.32 Å². The lowest BCUT2D eigenvalue weighted by atomic mass is 9.86. The number of thiazole rings is 1. The highest BCUT2D eigenvalue weighted by Gasteiger charge is 2.45. The van der Waals surface area contributed by atoms with Crippen LogP contribution in [0.4, 0.5) is 5.13 Å². The number of fused-ring (bicyclic) bond motifs is 2. The van der Waals surface area contributed by atoms with Gasteiger partial charge in [0.05, 0.1) is 5.92 Å². The highest BCUT2D eigenvalue weighted by Crippen LogP contribution is 2.49. The zero-order chi connectivity index (χ0) is 15.8. The second kappa shape index (κ2) is 6.23. The van der Waals surface area contributed by atoms with Crippen LogP contribution >= 0.6 is 11.3 Å². The molecule has 4 unspecified atom stereocenters. The monoisotopic (exact) mass is 333 g/mol. The Bertz CT molecular complexity index is 589. The number of amides is 2. The summed E-state index contributed by atoms with van der Waals surface area (Å²) in [5, 5.41) is 5.37. The molecule has 1 aromatic heterocycles. The summed E-state index contributed by atoms with van der Waals surface area (Å²) in [6, 6.07) is 0. The molecular weight excluding hydrogens is 310 g/mol. The van der Waals surface area contributed by atoms with Crippen LogP contribution in [0.5, 0.6) is 0 Å². The van der Waals surface area contributed by atoms with Gasteiger partial charge in [-0.15, -0.1) is 11.3 Å². The topological polar surface area (TPSA) is 62.3 Å². The molecule has 2 saturated carbocycles. The third-order valence-corrected chi connectivity index (χ3v) is 6.51. The van der Waals surface area contributed by atoms with Crippen LogP contribution in [-0.4, -0.2) is 34.8 Å². The molecule has 0 aromatic carbocycles. The van der Waals surface area contributed by atoms with Gasteiger partial charge in [0.15, 0.2) is 5.13 Å². The van der Waals surface area contributed by atoms with Crippen molar-refractivity contribution >= 4 is 28.3 Å². The van der Waals surface area contributed by atoms with Crippen molar-refractivity contribution in [3.05, 3.63) is 11.6 Å². The van der Waals surface area contributed by atoms with E-state index in [-0.39, 0.29) is 17.7 Å². The molecular formula is C17H23N3O2S. The van der Waals surface area contributed by atoms with Crippen molar-refractivity contribution in [2.75, 3.05) is 18.4 Å². The highest BCUT2D eigenvalue weighted by atomic mass is 32.1. The summed E-state index contributed by atoms with van der Waals surface area (Å²) < 4.78 is 0. The van der Waals surface area contributed by atoms with E-state index in [4.69, 9.17) is 0 Å². The molecule has 0 spiro atoms. The Morgan fingerprint density at radius 3 is 2.87 bits per heavy atom. The van der Waals surface area contributed by atoms with E-state index in [9.17, 15) is 9.59 Å². The molecule has 2 aliphatic carbocycles. The van der Waals surface area contributed by atoms with Crippen molar-refractivity contribution in [1.29, 1.82) is 0 Å². The van der Waals surface area contributed by atoms with Gasteiger partial charge in [0, 0.05) is 30.6 Å². The zero-order valence-electron chi connectivity index (χ0n) is 13.2. The van der Waals surface area contributed by atoms with Gasteiger partial charge < -0.3 is 10.2 Å². The lowest BCUT2D eigenvalue weighted by Gasteiger charge is -2.35. The molecule has 2 heterocycles. The summed E-state index contributed by atoms with van der Waals surface area (Å²) in [6.07, 6.45) is 8.33. The average Bonchev–Trinajstić information content (AvgIpc) is 3.32. The summed E-state index contributed by atoms with van der Waals surface area (Å²) in [7, 11) is 0. The van der Waals surface area contributed by atoms with Gasteiger partial charge in [-0.25, -0.2) is 4.98 Å². The molecule has 3 aliphatic rings. The Kier molecular flexibility index (Phi) is 4.09. The van der Waals surface area contributed by atoms with E-state index in [2.05, 4.69) is 10.3 Å². The fourth-order valence-corrected chi connectivity index (χ4v) is 5.20. The van der Waals surface area contributed by atoms with Crippen molar-refractivity contribution in [2.45, 2.75) is 38.5 Å². The first kappa shape index (κ1) is 15.1. The minimum atomic E-state index is -0.102. The Morgan fingerprint density at radius 1 is 1.26 bits per heavy atom. The van der Waals surface area contributed by atoms with E-state index < -0.39 is 0 Å². The maximum absolute atomic E-state index is 12.9. The number of carbonyl (C=O) groups is 2. The predicted octanol–water partition coefficient (Wildman–Crippen LogP) is 2.76. The smallest absolute Gasteiger partial charge is 0.231 e. The third kappa shape index (κ3) is 3.01. The molecule has 1 saturated heterocycles. The van der Waals surface area contributed by atoms with Crippen LogP contribution in [0.15, 0.2) is 11.6 Å². The third-order valence-electron chi connectivity index (χ3n) is 5.82. The van der Waals surface area contributed by atoms with Crippen molar-refractivity contribution in [3.8, 4) is 0 Å².